The predicted molar refractivity (Wildman–Crippen MR) is 89.6 cm³/mol. The molecule has 2 atom stereocenters. The molecule has 0 radical (unpaired) electrons. The van der Waals surface area contributed by atoms with Crippen molar-refractivity contribution >= 4 is 39.1 Å². The van der Waals surface area contributed by atoms with Gasteiger partial charge < -0.3 is 9.88 Å². The second-order valence-corrected chi connectivity index (χ2v) is 7.36. The van der Waals surface area contributed by atoms with Gasteiger partial charge in [-0.05, 0) is 24.1 Å². The van der Waals surface area contributed by atoms with Crippen LogP contribution in [0.4, 0.5) is 0 Å². The van der Waals surface area contributed by atoms with Gasteiger partial charge in [0.25, 0.3) is 5.91 Å². The zero-order valence-corrected chi connectivity index (χ0v) is 13.8. The van der Waals surface area contributed by atoms with Crippen LogP contribution in [0.25, 0.3) is 17.0 Å². The van der Waals surface area contributed by atoms with Gasteiger partial charge >= 0.3 is 10.3 Å². The molecule has 1 aromatic heterocycles. The molecule has 0 bridgehead atoms. The maximum atomic E-state index is 12.4. The Kier molecular flexibility index (Phi) is 3.44. The fourth-order valence-electron chi connectivity index (χ4n) is 3.55. The molecule has 0 spiro atoms. The number of aromatic nitrogens is 1. The van der Waals surface area contributed by atoms with Crippen molar-refractivity contribution in [1.82, 2.24) is 14.2 Å². The number of benzene rings is 1. The molecule has 2 aliphatic heterocycles. The second-order valence-electron chi connectivity index (χ2n) is 6.07. The topological polar surface area (TPSA) is 111 Å². The number of H-pyrrole nitrogens is 1. The monoisotopic (exact) mass is 361 g/mol. The molecule has 9 heteroatoms. The Morgan fingerprint density at radius 3 is 2.84 bits per heavy atom. The van der Waals surface area contributed by atoms with E-state index in [2.05, 4.69) is 4.98 Å². The zero-order chi connectivity index (χ0) is 17.8. The standard InChI is InChI=1S/C16H15N3O5S/c20-14(6-5-10-9-17-12-4-2-1-3-11(10)12)18-8-7-13-15(18)16(21)19(13)25(22,23)24/h1-6,9,13,15,17H,7-8H2,(H,22,23,24)/t13-,15+/m1/s1. The predicted octanol–water partition coefficient (Wildman–Crippen LogP) is 0.796. The lowest BCUT2D eigenvalue weighted by molar-refractivity contribution is -0.149. The number of nitrogens with one attached hydrogen (secondary N) is 1. The molecule has 2 aliphatic rings. The molecular weight excluding hydrogens is 346 g/mol. The lowest BCUT2D eigenvalue weighted by Gasteiger charge is -2.42. The lowest BCUT2D eigenvalue weighted by atomic mass is 10.0. The van der Waals surface area contributed by atoms with Crippen molar-refractivity contribution < 1.29 is 22.6 Å². The zero-order valence-electron chi connectivity index (χ0n) is 13.0. The quantitative estimate of drug-likeness (QED) is 0.477. The minimum absolute atomic E-state index is 0.268. The van der Waals surface area contributed by atoms with Gasteiger partial charge in [0.1, 0.15) is 6.04 Å². The van der Waals surface area contributed by atoms with Gasteiger partial charge in [-0.1, -0.05) is 18.2 Å². The molecule has 0 unspecified atom stereocenters. The number of carbonyl (C=O) groups excluding carboxylic acids is 2. The number of carbonyl (C=O) groups is 2. The highest BCUT2D eigenvalue weighted by Gasteiger charge is 2.59. The van der Waals surface area contributed by atoms with Crippen LogP contribution < -0.4 is 0 Å². The fourth-order valence-corrected chi connectivity index (χ4v) is 4.45. The third-order valence-electron chi connectivity index (χ3n) is 4.70. The summed E-state index contributed by atoms with van der Waals surface area (Å²) in [7, 11) is -4.57. The summed E-state index contributed by atoms with van der Waals surface area (Å²) in [6.07, 6.45) is 5.15. The molecule has 2 saturated heterocycles. The van der Waals surface area contributed by atoms with E-state index in [9.17, 15) is 18.0 Å². The summed E-state index contributed by atoms with van der Waals surface area (Å²) in [4.78, 5) is 28.8. The SMILES string of the molecule is O=C(C=Cc1c[nH]c2ccccc12)N1CC[C@@H]2[C@H]1C(=O)N2S(=O)(=O)O. The van der Waals surface area contributed by atoms with Crippen LogP contribution in [0.2, 0.25) is 0 Å². The van der Waals surface area contributed by atoms with E-state index in [0.29, 0.717) is 10.7 Å². The van der Waals surface area contributed by atoms with Crippen LogP contribution in [-0.4, -0.2) is 57.6 Å². The summed E-state index contributed by atoms with van der Waals surface area (Å²) in [5.41, 5.74) is 1.80. The van der Waals surface area contributed by atoms with Gasteiger partial charge in [-0.25, -0.2) is 4.31 Å². The van der Waals surface area contributed by atoms with E-state index >= 15 is 0 Å². The molecule has 130 valence electrons. The van der Waals surface area contributed by atoms with Gasteiger partial charge in [0.2, 0.25) is 5.91 Å². The van der Waals surface area contributed by atoms with Crippen molar-refractivity contribution in [2.75, 3.05) is 6.54 Å². The first kappa shape index (κ1) is 15.9. The number of fused-ring (bicyclic) bond motifs is 2. The largest absolute Gasteiger partial charge is 0.362 e. The first-order valence-electron chi connectivity index (χ1n) is 7.73. The number of nitrogens with zero attached hydrogens (tertiary/aromatic N) is 2. The Bertz CT molecular complexity index is 1010. The highest BCUT2D eigenvalue weighted by Crippen LogP contribution is 2.35. The number of amides is 2. The van der Waals surface area contributed by atoms with Crippen molar-refractivity contribution in [1.29, 1.82) is 0 Å². The Morgan fingerprint density at radius 1 is 1.32 bits per heavy atom. The highest BCUT2D eigenvalue weighted by molar-refractivity contribution is 7.84. The molecule has 25 heavy (non-hydrogen) atoms. The normalized spacial score (nSPS) is 23.3. The number of likely N-dealkylation sites (tertiary alicyclic amines) is 1. The first-order chi connectivity index (χ1) is 11.9. The smallest absolute Gasteiger partial charge is 0.361 e. The van der Waals surface area contributed by atoms with Gasteiger partial charge in [-0.3, -0.25) is 14.1 Å². The van der Waals surface area contributed by atoms with Gasteiger partial charge in [-0.2, -0.15) is 8.42 Å². The summed E-state index contributed by atoms with van der Waals surface area (Å²) >= 11 is 0. The van der Waals surface area contributed by atoms with E-state index in [1.807, 2.05) is 24.3 Å². The van der Waals surface area contributed by atoms with Crippen LogP contribution in [0.15, 0.2) is 36.5 Å². The number of β-lactam (4-membered cyclic amide) rings is 1. The van der Waals surface area contributed by atoms with Gasteiger partial charge in [0.05, 0.1) is 6.04 Å². The summed E-state index contributed by atoms with van der Waals surface area (Å²) in [5, 5.41) is 0.975. The average molecular weight is 361 g/mol. The van der Waals surface area contributed by atoms with Crippen molar-refractivity contribution in [2.45, 2.75) is 18.5 Å². The van der Waals surface area contributed by atoms with Crippen LogP contribution in [0.3, 0.4) is 0 Å². The average Bonchev–Trinajstić information content (AvgIpc) is 3.12. The number of rotatable bonds is 3. The third-order valence-corrected chi connectivity index (χ3v) is 5.64. The van der Waals surface area contributed by atoms with Crippen molar-refractivity contribution in [3.63, 3.8) is 0 Å². The van der Waals surface area contributed by atoms with Crippen LogP contribution in [0.5, 0.6) is 0 Å². The van der Waals surface area contributed by atoms with Gasteiger partial charge in [-0.15, -0.1) is 0 Å². The summed E-state index contributed by atoms with van der Waals surface area (Å²) in [6, 6.07) is 6.18. The Morgan fingerprint density at radius 2 is 2.08 bits per heavy atom. The number of aromatic amines is 1. The van der Waals surface area contributed by atoms with E-state index < -0.39 is 28.3 Å². The van der Waals surface area contributed by atoms with Crippen LogP contribution in [-0.2, 0) is 19.9 Å². The van der Waals surface area contributed by atoms with Crippen molar-refractivity contribution in [2.24, 2.45) is 0 Å². The molecule has 4 rings (SSSR count). The van der Waals surface area contributed by atoms with E-state index in [-0.39, 0.29) is 12.5 Å². The molecule has 2 amide bonds. The van der Waals surface area contributed by atoms with E-state index in [1.165, 1.54) is 11.0 Å². The molecule has 2 fully saturated rings. The number of hydrogen-bond donors (Lipinski definition) is 2. The Balaban J connectivity index is 1.52. The molecule has 3 heterocycles. The number of hydrogen-bond acceptors (Lipinski definition) is 4. The maximum absolute atomic E-state index is 12.4. The fraction of sp³-hybridized carbons (Fsp3) is 0.250. The maximum Gasteiger partial charge on any atom is 0.362 e. The van der Waals surface area contributed by atoms with Gasteiger partial charge in [0, 0.05) is 29.7 Å². The van der Waals surface area contributed by atoms with Gasteiger partial charge in [0.15, 0.2) is 0 Å². The molecule has 0 aliphatic carbocycles. The molecule has 1 aromatic carbocycles. The van der Waals surface area contributed by atoms with E-state index in [0.717, 1.165) is 16.5 Å². The van der Waals surface area contributed by atoms with Crippen LogP contribution in [0, 0.1) is 0 Å². The summed E-state index contributed by atoms with van der Waals surface area (Å²) in [6.45, 7) is 0.268. The van der Waals surface area contributed by atoms with Crippen molar-refractivity contribution in [3.05, 3.63) is 42.1 Å². The molecule has 0 saturated carbocycles. The molecular formula is C16H15N3O5S. The van der Waals surface area contributed by atoms with Crippen LogP contribution in [0.1, 0.15) is 12.0 Å². The summed E-state index contributed by atoms with van der Waals surface area (Å²) in [5.74, 6) is -1.13. The molecule has 2 aromatic rings. The Hall–Kier alpha value is -2.65. The minimum Gasteiger partial charge on any atom is -0.361 e. The molecule has 2 N–H and O–H groups in total. The van der Waals surface area contributed by atoms with E-state index in [1.54, 1.807) is 12.3 Å². The Labute approximate surface area is 143 Å². The third kappa shape index (κ3) is 2.43. The summed E-state index contributed by atoms with van der Waals surface area (Å²) < 4.78 is 31.9. The molecule has 8 nitrogen and oxygen atoms in total. The van der Waals surface area contributed by atoms with Crippen molar-refractivity contribution in [3.8, 4) is 0 Å². The first-order valence-corrected chi connectivity index (χ1v) is 9.13. The number of para-hydroxylation sites is 1. The second kappa shape index (κ2) is 5.43. The van der Waals surface area contributed by atoms with E-state index in [4.69, 9.17) is 4.55 Å². The highest BCUT2D eigenvalue weighted by atomic mass is 32.2. The minimum atomic E-state index is -4.57. The lowest BCUT2D eigenvalue weighted by Crippen LogP contribution is -2.68. The van der Waals surface area contributed by atoms with Crippen LogP contribution >= 0.6 is 0 Å².